The summed E-state index contributed by atoms with van der Waals surface area (Å²) in [4.78, 5) is 26.0. The van der Waals surface area contributed by atoms with Crippen molar-refractivity contribution in [3.05, 3.63) is 71.8 Å². The number of benzene rings is 2. The summed E-state index contributed by atoms with van der Waals surface area (Å²) in [5, 5.41) is 4.43. The summed E-state index contributed by atoms with van der Waals surface area (Å²) in [6.07, 6.45) is 0.896. The van der Waals surface area contributed by atoms with Crippen LogP contribution in [-0.4, -0.2) is 42.3 Å². The molecular formula is C22H25N3O3. The normalized spacial score (nSPS) is 14.2. The van der Waals surface area contributed by atoms with Gasteiger partial charge in [-0.25, -0.2) is 10.2 Å². The second kappa shape index (κ2) is 9.69. The summed E-state index contributed by atoms with van der Waals surface area (Å²) in [6.45, 7) is 3.18. The van der Waals surface area contributed by atoms with Gasteiger partial charge < -0.3 is 9.64 Å². The van der Waals surface area contributed by atoms with Crippen molar-refractivity contribution in [3.63, 3.8) is 0 Å². The van der Waals surface area contributed by atoms with Gasteiger partial charge in [0, 0.05) is 30.1 Å². The number of amides is 2. The average molecular weight is 379 g/mol. The Balaban J connectivity index is 1.67. The predicted octanol–water partition coefficient (Wildman–Crippen LogP) is 3.42. The Bertz CT molecular complexity index is 772. The molecule has 1 saturated heterocycles. The molecule has 0 radical (unpaired) electrons. The third kappa shape index (κ3) is 4.97. The number of nitrogens with one attached hydrogen (secondary N) is 1. The standard InChI is InChI=1S/C22H25N3O3/c1-2-28-22(27)25-15-13-19(14-16-25)21(26)24-23-20(17-9-5-3-6-10-17)18-11-7-4-8-12-18/h3-12,19H,2,13-16H2,1H3,(H,24,26). The molecule has 28 heavy (non-hydrogen) atoms. The highest BCUT2D eigenvalue weighted by Crippen LogP contribution is 2.18. The molecule has 0 spiro atoms. The van der Waals surface area contributed by atoms with E-state index in [0.29, 0.717) is 32.5 Å². The van der Waals surface area contributed by atoms with Crippen molar-refractivity contribution in [1.29, 1.82) is 0 Å². The average Bonchev–Trinajstić information content (AvgIpc) is 2.75. The minimum absolute atomic E-state index is 0.118. The fourth-order valence-electron chi connectivity index (χ4n) is 3.23. The van der Waals surface area contributed by atoms with Crippen molar-refractivity contribution in [2.45, 2.75) is 19.8 Å². The van der Waals surface area contributed by atoms with Crippen molar-refractivity contribution < 1.29 is 14.3 Å². The zero-order valence-corrected chi connectivity index (χ0v) is 16.0. The quantitative estimate of drug-likeness (QED) is 0.639. The second-order valence-corrected chi connectivity index (χ2v) is 6.63. The fourth-order valence-corrected chi connectivity index (χ4v) is 3.23. The van der Waals surface area contributed by atoms with Gasteiger partial charge in [0.2, 0.25) is 5.91 Å². The summed E-state index contributed by atoms with van der Waals surface area (Å²) in [6, 6.07) is 19.5. The van der Waals surface area contributed by atoms with Crippen molar-refractivity contribution in [3.8, 4) is 0 Å². The minimum Gasteiger partial charge on any atom is -0.450 e. The molecule has 0 bridgehead atoms. The Morgan fingerprint density at radius 2 is 1.54 bits per heavy atom. The monoisotopic (exact) mass is 379 g/mol. The van der Waals surface area contributed by atoms with E-state index < -0.39 is 0 Å². The van der Waals surface area contributed by atoms with Crippen LogP contribution < -0.4 is 5.43 Å². The molecular weight excluding hydrogens is 354 g/mol. The number of nitrogens with zero attached hydrogens (tertiary/aromatic N) is 2. The molecule has 0 atom stereocenters. The number of carbonyl (C=O) groups excluding carboxylic acids is 2. The summed E-state index contributed by atoms with van der Waals surface area (Å²) in [7, 11) is 0. The molecule has 2 aromatic carbocycles. The first-order chi connectivity index (χ1) is 13.7. The van der Waals surface area contributed by atoms with E-state index in [-0.39, 0.29) is 17.9 Å². The molecule has 0 aliphatic carbocycles. The molecule has 6 nitrogen and oxygen atoms in total. The van der Waals surface area contributed by atoms with Crippen LogP contribution in [0.15, 0.2) is 65.8 Å². The highest BCUT2D eigenvalue weighted by Gasteiger charge is 2.28. The number of likely N-dealkylation sites (tertiary alicyclic amines) is 1. The largest absolute Gasteiger partial charge is 0.450 e. The minimum atomic E-state index is -0.310. The number of hydrogen-bond donors (Lipinski definition) is 1. The zero-order valence-electron chi connectivity index (χ0n) is 16.0. The van der Waals surface area contributed by atoms with Gasteiger partial charge in [-0.05, 0) is 19.8 Å². The molecule has 2 aromatic rings. The third-order valence-electron chi connectivity index (χ3n) is 4.76. The molecule has 0 unspecified atom stereocenters. The number of rotatable bonds is 5. The number of ether oxygens (including phenoxy) is 1. The van der Waals surface area contributed by atoms with Crippen LogP contribution in [0.5, 0.6) is 0 Å². The van der Waals surface area contributed by atoms with Gasteiger partial charge in [-0.15, -0.1) is 0 Å². The van der Waals surface area contributed by atoms with Crippen LogP contribution in [0.2, 0.25) is 0 Å². The fraction of sp³-hybridized carbons (Fsp3) is 0.318. The van der Waals surface area contributed by atoms with E-state index in [9.17, 15) is 9.59 Å². The maximum Gasteiger partial charge on any atom is 0.409 e. The SMILES string of the molecule is CCOC(=O)N1CCC(C(=O)NN=C(c2ccccc2)c2ccccc2)CC1. The van der Waals surface area contributed by atoms with Gasteiger partial charge in [-0.1, -0.05) is 60.7 Å². The van der Waals surface area contributed by atoms with Gasteiger partial charge in [0.15, 0.2) is 0 Å². The Labute approximate surface area is 165 Å². The summed E-state index contributed by atoms with van der Waals surface area (Å²) in [5.41, 5.74) is 5.33. The topological polar surface area (TPSA) is 71.0 Å². The second-order valence-electron chi connectivity index (χ2n) is 6.63. The number of carbonyl (C=O) groups is 2. The molecule has 1 aliphatic rings. The van der Waals surface area contributed by atoms with Gasteiger partial charge in [-0.3, -0.25) is 4.79 Å². The van der Waals surface area contributed by atoms with Gasteiger partial charge >= 0.3 is 6.09 Å². The number of hydrogen-bond acceptors (Lipinski definition) is 4. The van der Waals surface area contributed by atoms with Crippen LogP contribution in [0.4, 0.5) is 4.79 Å². The first-order valence-corrected chi connectivity index (χ1v) is 9.59. The Morgan fingerprint density at radius 3 is 2.04 bits per heavy atom. The van der Waals surface area contributed by atoms with Crippen molar-refractivity contribution in [1.82, 2.24) is 10.3 Å². The van der Waals surface area contributed by atoms with Crippen molar-refractivity contribution in [2.75, 3.05) is 19.7 Å². The number of piperidine rings is 1. The maximum absolute atomic E-state index is 12.6. The van der Waals surface area contributed by atoms with E-state index in [1.807, 2.05) is 60.7 Å². The van der Waals surface area contributed by atoms with Crippen LogP contribution in [-0.2, 0) is 9.53 Å². The lowest BCUT2D eigenvalue weighted by molar-refractivity contribution is -0.126. The lowest BCUT2D eigenvalue weighted by atomic mass is 9.96. The van der Waals surface area contributed by atoms with Crippen molar-refractivity contribution >= 4 is 17.7 Å². The van der Waals surface area contributed by atoms with Crippen LogP contribution in [0.25, 0.3) is 0 Å². The van der Waals surface area contributed by atoms with E-state index >= 15 is 0 Å². The van der Waals surface area contributed by atoms with Crippen LogP contribution >= 0.6 is 0 Å². The van der Waals surface area contributed by atoms with Gasteiger partial charge in [-0.2, -0.15) is 5.10 Å². The summed E-state index contributed by atoms with van der Waals surface area (Å²) < 4.78 is 5.02. The van der Waals surface area contributed by atoms with Gasteiger partial charge in [0.1, 0.15) is 0 Å². The van der Waals surface area contributed by atoms with Gasteiger partial charge in [0.25, 0.3) is 0 Å². The first-order valence-electron chi connectivity index (χ1n) is 9.59. The molecule has 1 fully saturated rings. The van der Waals surface area contributed by atoms with E-state index in [4.69, 9.17) is 4.74 Å². The molecule has 3 rings (SSSR count). The Kier molecular flexibility index (Phi) is 6.78. The first kappa shape index (κ1) is 19.6. The van der Waals surface area contributed by atoms with Crippen LogP contribution in [0.3, 0.4) is 0 Å². The lowest BCUT2D eigenvalue weighted by Gasteiger charge is -2.30. The summed E-state index contributed by atoms with van der Waals surface area (Å²) in [5.74, 6) is -0.282. The molecule has 146 valence electrons. The van der Waals surface area contributed by atoms with Crippen LogP contribution in [0.1, 0.15) is 30.9 Å². The van der Waals surface area contributed by atoms with Crippen LogP contribution in [0, 0.1) is 5.92 Å². The van der Waals surface area contributed by atoms with E-state index in [0.717, 1.165) is 16.8 Å². The van der Waals surface area contributed by atoms with E-state index in [2.05, 4.69) is 10.5 Å². The molecule has 2 amide bonds. The highest BCUT2D eigenvalue weighted by molar-refractivity contribution is 6.13. The molecule has 0 saturated carbocycles. The van der Waals surface area contributed by atoms with E-state index in [1.54, 1.807) is 11.8 Å². The smallest absolute Gasteiger partial charge is 0.409 e. The third-order valence-corrected chi connectivity index (χ3v) is 4.76. The van der Waals surface area contributed by atoms with Gasteiger partial charge in [0.05, 0.1) is 12.3 Å². The molecule has 0 aromatic heterocycles. The molecule has 6 heteroatoms. The zero-order chi connectivity index (χ0) is 19.8. The predicted molar refractivity (Wildman–Crippen MR) is 108 cm³/mol. The Morgan fingerprint density at radius 1 is 1.00 bits per heavy atom. The highest BCUT2D eigenvalue weighted by atomic mass is 16.6. The number of hydrazone groups is 1. The van der Waals surface area contributed by atoms with Crippen molar-refractivity contribution in [2.24, 2.45) is 11.0 Å². The lowest BCUT2D eigenvalue weighted by Crippen LogP contribution is -2.42. The van der Waals surface area contributed by atoms with E-state index in [1.165, 1.54) is 0 Å². The Hall–Kier alpha value is -3.15. The molecule has 1 N–H and O–H groups in total. The maximum atomic E-state index is 12.6. The summed E-state index contributed by atoms with van der Waals surface area (Å²) >= 11 is 0. The molecule has 1 aliphatic heterocycles. The molecule has 1 heterocycles.